The maximum Gasteiger partial charge on any atom is 0.407 e. The molecular formula is C28H28N2O4. The fraction of sp³-hybridized carbons (Fsp3) is 0.286. The second-order valence-corrected chi connectivity index (χ2v) is 8.15. The highest BCUT2D eigenvalue weighted by Crippen LogP contribution is 2.44. The summed E-state index contributed by atoms with van der Waals surface area (Å²) >= 11 is 0. The minimum Gasteiger partial charge on any atom is -0.461 e. The number of H-pyrrole nitrogens is 1. The van der Waals surface area contributed by atoms with E-state index >= 15 is 0 Å². The molecule has 1 amide bonds. The number of nitrogens with one attached hydrogen (secondary N) is 2. The van der Waals surface area contributed by atoms with E-state index in [1.807, 2.05) is 38.1 Å². The standard InChI is InChI=1S/C28H28N2O4/c1-4-33-27(31)26-18(2)20(19(3)30-26)11-9-10-16-29-28(32)34-17-25-23-14-7-5-12-21(23)22-13-6-8-15-24(22)25/h5-8,12-15,25,30H,4,10,16-17H2,1-3H3,(H,29,32). The molecule has 0 aliphatic heterocycles. The molecule has 1 aliphatic rings. The van der Waals surface area contributed by atoms with Crippen LogP contribution in [-0.2, 0) is 9.47 Å². The van der Waals surface area contributed by atoms with Gasteiger partial charge in [0, 0.05) is 30.1 Å². The smallest absolute Gasteiger partial charge is 0.407 e. The second-order valence-electron chi connectivity index (χ2n) is 8.15. The van der Waals surface area contributed by atoms with Crippen LogP contribution in [-0.4, -0.2) is 36.8 Å². The molecule has 2 aromatic carbocycles. The number of amides is 1. The molecule has 2 N–H and O–H groups in total. The Bertz CT molecular complexity index is 1230. The third-order valence-corrected chi connectivity index (χ3v) is 5.99. The minimum atomic E-state index is -0.456. The van der Waals surface area contributed by atoms with Crippen molar-refractivity contribution in [3.05, 3.63) is 82.2 Å². The van der Waals surface area contributed by atoms with Gasteiger partial charge in [0.05, 0.1) is 6.61 Å². The molecule has 0 fully saturated rings. The van der Waals surface area contributed by atoms with E-state index in [0.29, 0.717) is 25.3 Å². The summed E-state index contributed by atoms with van der Waals surface area (Å²) in [5.74, 6) is 5.80. The Balaban J connectivity index is 1.29. The molecule has 0 bridgehead atoms. The summed E-state index contributed by atoms with van der Waals surface area (Å²) in [4.78, 5) is 27.3. The number of carbonyl (C=O) groups excluding carboxylic acids is 2. The topological polar surface area (TPSA) is 80.4 Å². The molecule has 34 heavy (non-hydrogen) atoms. The number of aryl methyl sites for hydroxylation is 1. The fourth-order valence-electron chi connectivity index (χ4n) is 4.37. The first-order valence-electron chi connectivity index (χ1n) is 11.4. The second kappa shape index (κ2) is 10.3. The van der Waals surface area contributed by atoms with Gasteiger partial charge in [-0.3, -0.25) is 0 Å². The van der Waals surface area contributed by atoms with E-state index in [1.165, 1.54) is 22.3 Å². The van der Waals surface area contributed by atoms with Crippen LogP contribution in [0.15, 0.2) is 48.5 Å². The molecule has 1 aliphatic carbocycles. The Morgan fingerprint density at radius 2 is 1.65 bits per heavy atom. The van der Waals surface area contributed by atoms with E-state index in [-0.39, 0.29) is 18.5 Å². The van der Waals surface area contributed by atoms with Gasteiger partial charge in [-0.1, -0.05) is 60.4 Å². The van der Waals surface area contributed by atoms with Crippen LogP contribution in [0.1, 0.15) is 57.7 Å². The number of carbonyl (C=O) groups is 2. The minimum absolute atomic E-state index is 0.0334. The van der Waals surface area contributed by atoms with Gasteiger partial charge in [0.2, 0.25) is 0 Å². The molecule has 174 valence electrons. The van der Waals surface area contributed by atoms with Crippen molar-refractivity contribution in [2.45, 2.75) is 33.1 Å². The van der Waals surface area contributed by atoms with Gasteiger partial charge in [0.15, 0.2) is 0 Å². The normalized spacial score (nSPS) is 11.7. The van der Waals surface area contributed by atoms with Gasteiger partial charge in [-0.25, -0.2) is 9.59 Å². The Morgan fingerprint density at radius 3 is 2.29 bits per heavy atom. The summed E-state index contributed by atoms with van der Waals surface area (Å²) in [6, 6.07) is 16.5. The van der Waals surface area contributed by atoms with Crippen LogP contribution in [0.25, 0.3) is 11.1 Å². The molecule has 4 rings (SSSR count). The Hall–Kier alpha value is -3.98. The zero-order valence-electron chi connectivity index (χ0n) is 19.7. The summed E-state index contributed by atoms with van der Waals surface area (Å²) in [5, 5.41) is 2.76. The van der Waals surface area contributed by atoms with E-state index in [0.717, 1.165) is 16.8 Å². The van der Waals surface area contributed by atoms with Crippen molar-refractivity contribution in [1.82, 2.24) is 10.3 Å². The number of esters is 1. The predicted molar refractivity (Wildman–Crippen MR) is 131 cm³/mol. The van der Waals surface area contributed by atoms with Gasteiger partial charge < -0.3 is 19.8 Å². The van der Waals surface area contributed by atoms with Gasteiger partial charge in [0.1, 0.15) is 12.3 Å². The molecule has 6 nitrogen and oxygen atoms in total. The third-order valence-electron chi connectivity index (χ3n) is 5.99. The monoisotopic (exact) mass is 456 g/mol. The van der Waals surface area contributed by atoms with Crippen LogP contribution in [0.5, 0.6) is 0 Å². The summed E-state index contributed by atoms with van der Waals surface area (Å²) in [6.45, 7) is 6.45. The number of aromatic amines is 1. The lowest BCUT2D eigenvalue weighted by molar-refractivity contribution is 0.0519. The zero-order valence-corrected chi connectivity index (χ0v) is 19.7. The molecule has 0 unspecified atom stereocenters. The number of rotatable bonds is 6. The van der Waals surface area contributed by atoms with Crippen molar-refractivity contribution < 1.29 is 19.1 Å². The molecule has 3 aromatic rings. The largest absolute Gasteiger partial charge is 0.461 e. The lowest BCUT2D eigenvalue weighted by Crippen LogP contribution is -2.26. The SMILES string of the molecule is CCOC(=O)c1[nH]c(C)c(C#CCCNC(=O)OCC2c3ccccc3-c3ccccc32)c1C. The molecule has 1 heterocycles. The molecule has 0 spiro atoms. The van der Waals surface area contributed by atoms with Gasteiger partial charge in [0.25, 0.3) is 0 Å². The van der Waals surface area contributed by atoms with Crippen LogP contribution < -0.4 is 5.32 Å². The summed E-state index contributed by atoms with van der Waals surface area (Å²) in [7, 11) is 0. The highest BCUT2D eigenvalue weighted by Gasteiger charge is 2.28. The summed E-state index contributed by atoms with van der Waals surface area (Å²) in [6.07, 6.45) is 0.00507. The average Bonchev–Trinajstić information content (AvgIpc) is 3.31. The molecule has 0 saturated heterocycles. The van der Waals surface area contributed by atoms with Crippen LogP contribution >= 0.6 is 0 Å². The van der Waals surface area contributed by atoms with E-state index in [2.05, 4.69) is 46.4 Å². The van der Waals surface area contributed by atoms with Crippen LogP contribution in [0.4, 0.5) is 4.79 Å². The zero-order chi connectivity index (χ0) is 24.1. The Morgan fingerprint density at radius 1 is 1.00 bits per heavy atom. The van der Waals surface area contributed by atoms with E-state index in [1.54, 1.807) is 6.92 Å². The van der Waals surface area contributed by atoms with E-state index < -0.39 is 6.09 Å². The third kappa shape index (κ3) is 4.69. The maximum absolute atomic E-state index is 12.3. The van der Waals surface area contributed by atoms with Crippen molar-refractivity contribution in [1.29, 1.82) is 0 Å². The number of benzene rings is 2. The Labute approximate surface area is 199 Å². The fourth-order valence-corrected chi connectivity index (χ4v) is 4.37. The van der Waals surface area contributed by atoms with Gasteiger partial charge in [-0.15, -0.1) is 0 Å². The number of fused-ring (bicyclic) bond motifs is 3. The lowest BCUT2D eigenvalue weighted by Gasteiger charge is -2.14. The molecule has 1 aromatic heterocycles. The van der Waals surface area contributed by atoms with Crippen LogP contribution in [0, 0.1) is 25.7 Å². The van der Waals surface area contributed by atoms with Crippen molar-refractivity contribution >= 4 is 12.1 Å². The highest BCUT2D eigenvalue weighted by atomic mass is 16.5. The van der Waals surface area contributed by atoms with Crippen LogP contribution in [0.3, 0.4) is 0 Å². The number of alkyl carbamates (subject to hydrolysis) is 1. The molecule has 0 atom stereocenters. The van der Waals surface area contributed by atoms with Gasteiger partial charge >= 0.3 is 12.1 Å². The highest BCUT2D eigenvalue weighted by molar-refractivity contribution is 5.90. The van der Waals surface area contributed by atoms with Crippen LogP contribution in [0.2, 0.25) is 0 Å². The van der Waals surface area contributed by atoms with Crippen molar-refractivity contribution in [2.24, 2.45) is 0 Å². The number of hydrogen-bond donors (Lipinski definition) is 2. The lowest BCUT2D eigenvalue weighted by atomic mass is 9.98. The van der Waals surface area contributed by atoms with Gasteiger partial charge in [-0.05, 0) is 48.6 Å². The van der Waals surface area contributed by atoms with E-state index in [4.69, 9.17) is 9.47 Å². The summed E-state index contributed by atoms with van der Waals surface area (Å²) < 4.78 is 10.6. The van der Waals surface area contributed by atoms with Crippen molar-refractivity contribution in [2.75, 3.05) is 19.8 Å². The van der Waals surface area contributed by atoms with Gasteiger partial charge in [-0.2, -0.15) is 0 Å². The molecule has 0 saturated carbocycles. The molecular weight excluding hydrogens is 428 g/mol. The first-order chi connectivity index (χ1) is 16.5. The van der Waals surface area contributed by atoms with Crippen molar-refractivity contribution in [3.63, 3.8) is 0 Å². The number of hydrogen-bond acceptors (Lipinski definition) is 4. The number of ether oxygens (including phenoxy) is 2. The van der Waals surface area contributed by atoms with E-state index in [9.17, 15) is 9.59 Å². The number of aromatic nitrogens is 1. The van der Waals surface area contributed by atoms with Crippen molar-refractivity contribution in [3.8, 4) is 23.0 Å². The predicted octanol–water partition coefficient (Wildman–Crippen LogP) is 5.09. The first kappa shape index (κ1) is 23.2. The first-order valence-corrected chi connectivity index (χ1v) is 11.4. The maximum atomic E-state index is 12.3. The quantitative estimate of drug-likeness (QED) is 0.308. The summed E-state index contributed by atoms with van der Waals surface area (Å²) in [5.41, 5.74) is 7.56. The Kier molecular flexibility index (Phi) is 7.03. The molecule has 6 heteroatoms. The average molecular weight is 457 g/mol. The molecule has 0 radical (unpaired) electrons.